The van der Waals surface area contributed by atoms with Crippen LogP contribution in [-0.4, -0.2) is 12.6 Å². The minimum atomic E-state index is 0.757. The van der Waals surface area contributed by atoms with Crippen molar-refractivity contribution < 1.29 is 0 Å². The Morgan fingerprint density at radius 1 is 1.23 bits per heavy atom. The van der Waals surface area contributed by atoms with Crippen LogP contribution in [0.5, 0.6) is 0 Å². The van der Waals surface area contributed by atoms with Gasteiger partial charge >= 0.3 is 0 Å². The van der Waals surface area contributed by atoms with Crippen molar-refractivity contribution in [2.45, 2.75) is 58.9 Å². The molecule has 0 aromatic carbocycles. The second kappa shape index (κ2) is 5.64. The van der Waals surface area contributed by atoms with E-state index in [1.165, 1.54) is 32.1 Å². The molecule has 0 spiro atoms. The van der Waals surface area contributed by atoms with Gasteiger partial charge in [0, 0.05) is 6.04 Å². The zero-order chi connectivity index (χ0) is 9.68. The zero-order valence-electron chi connectivity index (χ0n) is 9.47. The molecule has 0 bridgehead atoms. The molecule has 1 aliphatic rings. The molecular weight excluding hydrogens is 158 g/mol. The van der Waals surface area contributed by atoms with Crippen LogP contribution in [0.15, 0.2) is 0 Å². The van der Waals surface area contributed by atoms with Crippen LogP contribution in [0.4, 0.5) is 0 Å². The van der Waals surface area contributed by atoms with Crippen LogP contribution in [0.3, 0.4) is 0 Å². The number of nitrogens with one attached hydrogen (secondary N) is 1. The van der Waals surface area contributed by atoms with E-state index in [9.17, 15) is 0 Å². The van der Waals surface area contributed by atoms with Gasteiger partial charge in [0.05, 0.1) is 0 Å². The number of hydrogen-bond donors (Lipinski definition) is 1. The lowest BCUT2D eigenvalue weighted by Gasteiger charge is -2.24. The highest BCUT2D eigenvalue weighted by molar-refractivity contribution is 4.77. The summed E-state index contributed by atoms with van der Waals surface area (Å²) in [5, 5.41) is 3.61. The van der Waals surface area contributed by atoms with Gasteiger partial charge < -0.3 is 5.32 Å². The van der Waals surface area contributed by atoms with E-state index in [0.717, 1.165) is 24.4 Å². The summed E-state index contributed by atoms with van der Waals surface area (Å²) in [6.45, 7) is 8.00. The quantitative estimate of drug-likeness (QED) is 0.690. The van der Waals surface area contributed by atoms with Gasteiger partial charge in [-0.05, 0) is 24.8 Å². The molecule has 0 amide bonds. The van der Waals surface area contributed by atoms with Crippen LogP contribution in [0, 0.1) is 11.8 Å². The number of hydrogen-bond acceptors (Lipinski definition) is 1. The lowest BCUT2D eigenvalue weighted by Crippen LogP contribution is -2.35. The van der Waals surface area contributed by atoms with Crippen molar-refractivity contribution in [1.82, 2.24) is 5.32 Å². The van der Waals surface area contributed by atoms with E-state index in [1.54, 1.807) is 0 Å². The van der Waals surface area contributed by atoms with Gasteiger partial charge in [-0.15, -0.1) is 0 Å². The van der Waals surface area contributed by atoms with E-state index in [-0.39, 0.29) is 0 Å². The predicted molar refractivity (Wildman–Crippen MR) is 58.9 cm³/mol. The lowest BCUT2D eigenvalue weighted by atomic mass is 9.91. The summed E-state index contributed by atoms with van der Waals surface area (Å²) in [5.74, 6) is 1.81. The molecule has 13 heavy (non-hydrogen) atoms. The summed E-state index contributed by atoms with van der Waals surface area (Å²) in [6.07, 6.45) is 7.32. The van der Waals surface area contributed by atoms with E-state index in [0.29, 0.717) is 0 Å². The van der Waals surface area contributed by atoms with Crippen LogP contribution in [-0.2, 0) is 0 Å². The zero-order valence-corrected chi connectivity index (χ0v) is 9.47. The average molecular weight is 183 g/mol. The first-order valence-electron chi connectivity index (χ1n) is 5.97. The van der Waals surface area contributed by atoms with Crippen molar-refractivity contribution in [2.75, 3.05) is 6.54 Å². The molecule has 1 rings (SSSR count). The molecular formula is C12H25N. The maximum absolute atomic E-state index is 3.61. The Balaban J connectivity index is 2.27. The van der Waals surface area contributed by atoms with Crippen molar-refractivity contribution in [1.29, 1.82) is 0 Å². The van der Waals surface area contributed by atoms with Crippen molar-refractivity contribution in [3.05, 3.63) is 0 Å². The Hall–Kier alpha value is -0.0400. The van der Waals surface area contributed by atoms with E-state index < -0.39 is 0 Å². The summed E-state index contributed by atoms with van der Waals surface area (Å²) < 4.78 is 0. The lowest BCUT2D eigenvalue weighted by molar-refractivity contribution is 0.325. The minimum Gasteiger partial charge on any atom is -0.314 e. The minimum absolute atomic E-state index is 0.757. The standard InChI is InChI=1S/C12H25N/c1-4-13-12(10(2)3)9-11-7-5-6-8-11/h10-13H,4-9H2,1-3H3. The Morgan fingerprint density at radius 3 is 2.31 bits per heavy atom. The van der Waals surface area contributed by atoms with Gasteiger partial charge in [-0.25, -0.2) is 0 Å². The van der Waals surface area contributed by atoms with Crippen LogP contribution in [0.25, 0.3) is 0 Å². The normalized spacial score (nSPS) is 21.2. The molecule has 0 aromatic heterocycles. The van der Waals surface area contributed by atoms with E-state index in [2.05, 4.69) is 26.1 Å². The maximum Gasteiger partial charge on any atom is 0.00925 e. The summed E-state index contributed by atoms with van der Waals surface area (Å²) >= 11 is 0. The highest BCUT2D eigenvalue weighted by Gasteiger charge is 2.21. The molecule has 1 atom stereocenters. The Bertz CT molecular complexity index is 125. The molecule has 0 aromatic rings. The molecule has 1 heteroatoms. The van der Waals surface area contributed by atoms with Gasteiger partial charge in [0.1, 0.15) is 0 Å². The van der Waals surface area contributed by atoms with Crippen LogP contribution < -0.4 is 5.32 Å². The predicted octanol–water partition coefficient (Wildman–Crippen LogP) is 3.20. The summed E-state index contributed by atoms with van der Waals surface area (Å²) in [6, 6.07) is 0.757. The molecule has 1 unspecified atom stereocenters. The molecule has 0 heterocycles. The van der Waals surface area contributed by atoms with Crippen molar-refractivity contribution in [3.63, 3.8) is 0 Å². The third kappa shape index (κ3) is 3.68. The molecule has 1 nitrogen and oxygen atoms in total. The topological polar surface area (TPSA) is 12.0 Å². The largest absolute Gasteiger partial charge is 0.314 e. The molecule has 0 saturated heterocycles. The fraction of sp³-hybridized carbons (Fsp3) is 1.00. The monoisotopic (exact) mass is 183 g/mol. The Labute approximate surface area is 83.3 Å². The molecule has 0 radical (unpaired) electrons. The highest BCUT2D eigenvalue weighted by Crippen LogP contribution is 2.29. The Morgan fingerprint density at radius 2 is 1.85 bits per heavy atom. The molecule has 1 fully saturated rings. The third-order valence-electron chi connectivity index (χ3n) is 3.33. The van der Waals surface area contributed by atoms with Crippen LogP contribution in [0.1, 0.15) is 52.9 Å². The van der Waals surface area contributed by atoms with Crippen LogP contribution in [0.2, 0.25) is 0 Å². The first-order valence-corrected chi connectivity index (χ1v) is 5.97. The van der Waals surface area contributed by atoms with Gasteiger partial charge in [0.2, 0.25) is 0 Å². The van der Waals surface area contributed by atoms with E-state index in [1.807, 2.05) is 0 Å². The molecule has 0 aliphatic heterocycles. The van der Waals surface area contributed by atoms with E-state index >= 15 is 0 Å². The summed E-state index contributed by atoms with van der Waals surface area (Å²) in [5.41, 5.74) is 0. The van der Waals surface area contributed by atoms with Gasteiger partial charge in [0.15, 0.2) is 0 Å². The van der Waals surface area contributed by atoms with Crippen molar-refractivity contribution >= 4 is 0 Å². The Kier molecular flexibility index (Phi) is 4.79. The SMILES string of the molecule is CCNC(CC1CCCC1)C(C)C. The van der Waals surface area contributed by atoms with Gasteiger partial charge in [-0.2, -0.15) is 0 Å². The summed E-state index contributed by atoms with van der Waals surface area (Å²) in [4.78, 5) is 0. The first-order chi connectivity index (χ1) is 6.24. The second-order valence-electron chi connectivity index (χ2n) is 4.79. The van der Waals surface area contributed by atoms with Gasteiger partial charge in [-0.1, -0.05) is 46.5 Å². The fourth-order valence-electron chi connectivity index (χ4n) is 2.46. The van der Waals surface area contributed by atoms with Gasteiger partial charge in [-0.3, -0.25) is 0 Å². The van der Waals surface area contributed by atoms with Gasteiger partial charge in [0.25, 0.3) is 0 Å². The summed E-state index contributed by atoms with van der Waals surface area (Å²) in [7, 11) is 0. The molecule has 1 aliphatic carbocycles. The molecule has 1 saturated carbocycles. The first kappa shape index (κ1) is 11.0. The van der Waals surface area contributed by atoms with Crippen molar-refractivity contribution in [3.8, 4) is 0 Å². The molecule has 78 valence electrons. The third-order valence-corrected chi connectivity index (χ3v) is 3.33. The second-order valence-corrected chi connectivity index (χ2v) is 4.79. The number of rotatable bonds is 5. The van der Waals surface area contributed by atoms with Crippen molar-refractivity contribution in [2.24, 2.45) is 11.8 Å². The fourth-order valence-corrected chi connectivity index (χ4v) is 2.46. The maximum atomic E-state index is 3.61. The smallest absolute Gasteiger partial charge is 0.00925 e. The average Bonchev–Trinajstić information content (AvgIpc) is 2.56. The highest BCUT2D eigenvalue weighted by atomic mass is 14.9. The molecule has 1 N–H and O–H groups in total. The van der Waals surface area contributed by atoms with E-state index in [4.69, 9.17) is 0 Å². The van der Waals surface area contributed by atoms with Crippen LogP contribution >= 0.6 is 0 Å².